The van der Waals surface area contributed by atoms with Crippen LogP contribution in [0.25, 0.3) is 16.9 Å². The number of para-hydroxylation sites is 2. The molecule has 3 aromatic rings. The van der Waals surface area contributed by atoms with E-state index in [4.69, 9.17) is 26.2 Å². The maximum Gasteiger partial charge on any atom is 0.309 e. The molecule has 7 heteroatoms. The Labute approximate surface area is 193 Å². The largest absolute Gasteiger partial charge is 0.494 e. The number of fused-ring (bicyclic) bond motifs is 1. The van der Waals surface area contributed by atoms with Gasteiger partial charge in [-0.15, -0.1) is 0 Å². The van der Waals surface area contributed by atoms with E-state index in [-0.39, 0.29) is 31.5 Å². The molecular formula is C24H25ClN2O3S. The molecule has 0 radical (unpaired) electrons. The van der Waals surface area contributed by atoms with Crippen LogP contribution in [0, 0.1) is 5.92 Å². The highest BCUT2D eigenvalue weighted by atomic mass is 35.5. The van der Waals surface area contributed by atoms with Gasteiger partial charge in [0, 0.05) is 29.0 Å². The van der Waals surface area contributed by atoms with Crippen molar-refractivity contribution < 1.29 is 14.3 Å². The number of hydrogen-bond donors (Lipinski definition) is 0. The molecule has 5 nitrogen and oxygen atoms in total. The molecule has 0 N–H and O–H groups in total. The number of carbonyl (C=O) groups excluding carboxylic acids is 1. The van der Waals surface area contributed by atoms with E-state index in [1.165, 1.54) is 0 Å². The number of ether oxygens (including phenoxy) is 2. The summed E-state index contributed by atoms with van der Waals surface area (Å²) in [5, 5.41) is 5.60. The summed E-state index contributed by atoms with van der Waals surface area (Å²) < 4.78 is 13.3. The second-order valence-corrected chi connectivity index (χ2v) is 8.40. The molecule has 0 spiro atoms. The fraction of sp³-hybridized carbons (Fsp3) is 0.333. The second-order valence-electron chi connectivity index (χ2n) is 7.96. The van der Waals surface area contributed by atoms with Crippen LogP contribution in [0.3, 0.4) is 0 Å². The number of carbonyl (C=O) groups is 1. The van der Waals surface area contributed by atoms with E-state index in [1.54, 1.807) is 7.11 Å². The van der Waals surface area contributed by atoms with Crippen LogP contribution in [0.1, 0.15) is 30.5 Å². The number of hydrogen-bond acceptors (Lipinski definition) is 4. The molecule has 1 saturated carbocycles. The molecule has 2 aliphatic rings. The maximum atomic E-state index is 12.3. The highest BCUT2D eigenvalue weighted by molar-refractivity contribution is 7.59. The van der Waals surface area contributed by atoms with Crippen LogP contribution in [-0.2, 0) is 22.4 Å². The van der Waals surface area contributed by atoms with E-state index in [0.717, 1.165) is 53.2 Å². The number of halogens is 1. The summed E-state index contributed by atoms with van der Waals surface area (Å²) in [7, 11) is 1.66. The first kappa shape index (κ1) is 21.8. The Morgan fingerprint density at radius 1 is 1.10 bits per heavy atom. The molecule has 0 bridgehead atoms. The molecule has 1 fully saturated rings. The third-order valence-corrected chi connectivity index (χ3v) is 6.32. The van der Waals surface area contributed by atoms with Crippen LogP contribution in [0.15, 0.2) is 48.5 Å². The molecule has 0 amide bonds. The normalized spacial score (nSPS) is 17.4. The lowest BCUT2D eigenvalue weighted by Gasteiger charge is -2.25. The highest BCUT2D eigenvalue weighted by Gasteiger charge is 2.35. The third-order valence-electron chi connectivity index (χ3n) is 6.07. The average molecular weight is 457 g/mol. The van der Waals surface area contributed by atoms with Gasteiger partial charge < -0.3 is 9.47 Å². The van der Waals surface area contributed by atoms with Crippen LogP contribution in [0.5, 0.6) is 5.75 Å². The Bertz CT molecular complexity index is 1090. The van der Waals surface area contributed by atoms with E-state index < -0.39 is 0 Å². The lowest BCUT2D eigenvalue weighted by Crippen LogP contribution is -2.29. The topological polar surface area (TPSA) is 53.4 Å². The molecule has 162 valence electrons. The van der Waals surface area contributed by atoms with Gasteiger partial charge in [0.05, 0.1) is 24.4 Å². The molecule has 1 aromatic heterocycles. The van der Waals surface area contributed by atoms with Crippen molar-refractivity contribution in [3.8, 4) is 22.7 Å². The summed E-state index contributed by atoms with van der Waals surface area (Å²) in [5.74, 6) is 0.783. The molecule has 31 heavy (non-hydrogen) atoms. The summed E-state index contributed by atoms with van der Waals surface area (Å²) in [6, 6.07) is 15.6. The van der Waals surface area contributed by atoms with E-state index in [2.05, 4.69) is 0 Å². The highest BCUT2D eigenvalue weighted by Crippen LogP contribution is 2.38. The van der Waals surface area contributed by atoms with Crippen molar-refractivity contribution in [1.82, 2.24) is 9.78 Å². The van der Waals surface area contributed by atoms with Crippen molar-refractivity contribution in [2.45, 2.75) is 38.2 Å². The van der Waals surface area contributed by atoms with Gasteiger partial charge in [-0.2, -0.15) is 18.6 Å². The summed E-state index contributed by atoms with van der Waals surface area (Å²) in [5.41, 5.74) is 4.98. The minimum atomic E-state index is -0.144. The Hall–Kier alpha value is -2.44. The van der Waals surface area contributed by atoms with E-state index >= 15 is 0 Å². The van der Waals surface area contributed by atoms with Gasteiger partial charge in [0.15, 0.2) is 0 Å². The van der Waals surface area contributed by atoms with E-state index in [0.29, 0.717) is 17.9 Å². The van der Waals surface area contributed by atoms with Crippen molar-refractivity contribution in [1.29, 1.82) is 0 Å². The molecule has 2 aliphatic carbocycles. The van der Waals surface area contributed by atoms with Gasteiger partial charge in [-0.3, -0.25) is 4.79 Å². The zero-order chi connectivity index (χ0) is 20.7. The molecule has 0 unspecified atom stereocenters. The number of nitrogens with zero attached hydrogens (tertiary/aromatic N) is 2. The monoisotopic (exact) mass is 456 g/mol. The van der Waals surface area contributed by atoms with Crippen molar-refractivity contribution in [3.63, 3.8) is 0 Å². The lowest BCUT2D eigenvalue weighted by atomic mass is 9.86. The van der Waals surface area contributed by atoms with Crippen molar-refractivity contribution in [2.75, 3.05) is 7.11 Å². The number of aromatic nitrogens is 2. The number of methoxy groups -OCH3 is 1. The molecule has 0 saturated heterocycles. The zero-order valence-electron chi connectivity index (χ0n) is 17.3. The standard InChI is InChI=1S/C24H23ClN2O3.H2S/c1-29-22-8-3-2-7-21(22)27-23(15-9-11-17(25)12-10-15)19-13-18(14-20(19)26-27)30-24(28)16-5-4-6-16;/h2-3,7-12,16,18H,4-6,13-14H2,1H3;1H2/t18-;/m0./s1. The smallest absolute Gasteiger partial charge is 0.309 e. The SMILES string of the molecule is COc1ccccc1-n1nc2c(c1-c1ccc(Cl)cc1)C[C@H](OC(=O)C1CCC1)C2.S. The average Bonchev–Trinajstić information content (AvgIpc) is 3.24. The second kappa shape index (κ2) is 8.97. The molecule has 5 rings (SSSR count). The summed E-state index contributed by atoms with van der Waals surface area (Å²) in [6.07, 6.45) is 4.18. The molecular weight excluding hydrogens is 432 g/mol. The minimum Gasteiger partial charge on any atom is -0.494 e. The first-order valence-electron chi connectivity index (χ1n) is 10.3. The van der Waals surface area contributed by atoms with Gasteiger partial charge in [0.1, 0.15) is 17.5 Å². The van der Waals surface area contributed by atoms with Gasteiger partial charge in [-0.05, 0) is 37.1 Å². The molecule has 1 heterocycles. The van der Waals surface area contributed by atoms with Gasteiger partial charge in [-0.25, -0.2) is 4.68 Å². The van der Waals surface area contributed by atoms with Gasteiger partial charge in [0.2, 0.25) is 0 Å². The van der Waals surface area contributed by atoms with Gasteiger partial charge in [-0.1, -0.05) is 42.3 Å². The van der Waals surface area contributed by atoms with E-state index in [9.17, 15) is 4.79 Å². The number of benzene rings is 2. The summed E-state index contributed by atoms with van der Waals surface area (Å²) in [6.45, 7) is 0. The predicted octanol–water partition coefficient (Wildman–Crippen LogP) is 5.12. The van der Waals surface area contributed by atoms with Gasteiger partial charge in [0.25, 0.3) is 0 Å². The van der Waals surface area contributed by atoms with Crippen molar-refractivity contribution in [2.24, 2.45) is 5.92 Å². The Morgan fingerprint density at radius 3 is 2.52 bits per heavy atom. The van der Waals surface area contributed by atoms with Crippen molar-refractivity contribution in [3.05, 3.63) is 64.8 Å². The molecule has 0 aliphatic heterocycles. The first-order chi connectivity index (χ1) is 14.6. The zero-order valence-corrected chi connectivity index (χ0v) is 19.1. The van der Waals surface area contributed by atoms with E-state index in [1.807, 2.05) is 53.2 Å². The maximum absolute atomic E-state index is 12.3. The van der Waals surface area contributed by atoms with Gasteiger partial charge >= 0.3 is 5.97 Å². The number of esters is 1. The van der Waals surface area contributed by atoms with Crippen LogP contribution in [0.2, 0.25) is 5.02 Å². The molecule has 2 aromatic carbocycles. The van der Waals surface area contributed by atoms with Crippen LogP contribution in [-0.4, -0.2) is 29.0 Å². The predicted molar refractivity (Wildman–Crippen MR) is 126 cm³/mol. The summed E-state index contributed by atoms with van der Waals surface area (Å²) in [4.78, 5) is 12.3. The minimum absolute atomic E-state index is 0. The van der Waals surface area contributed by atoms with Crippen LogP contribution < -0.4 is 4.74 Å². The Kier molecular flexibility index (Phi) is 6.30. The summed E-state index contributed by atoms with van der Waals surface area (Å²) >= 11 is 6.12. The Balaban J connectivity index is 0.00000231. The lowest BCUT2D eigenvalue weighted by molar-refractivity contribution is -0.156. The Morgan fingerprint density at radius 2 is 1.84 bits per heavy atom. The fourth-order valence-corrected chi connectivity index (χ4v) is 4.39. The molecule has 1 atom stereocenters. The first-order valence-corrected chi connectivity index (χ1v) is 10.7. The number of rotatable bonds is 5. The van der Waals surface area contributed by atoms with Crippen molar-refractivity contribution >= 4 is 31.1 Å². The fourth-order valence-electron chi connectivity index (χ4n) is 4.26. The quantitative estimate of drug-likeness (QED) is 0.500. The van der Waals surface area contributed by atoms with Crippen LogP contribution in [0.4, 0.5) is 0 Å². The third kappa shape index (κ3) is 4.06. The van der Waals surface area contributed by atoms with Crippen LogP contribution >= 0.6 is 25.1 Å².